The number of nitrogens with zero attached hydrogens (tertiary/aromatic N) is 1. The summed E-state index contributed by atoms with van der Waals surface area (Å²) >= 11 is 0. The fourth-order valence-electron chi connectivity index (χ4n) is 9.43. The molecule has 0 bridgehead atoms. The van der Waals surface area contributed by atoms with Gasteiger partial charge in [0.15, 0.2) is 12.4 Å². The maximum atomic E-state index is 12.9. The van der Waals surface area contributed by atoms with Gasteiger partial charge in [-0.05, 0) is 135 Å². The van der Waals surface area contributed by atoms with E-state index in [0.29, 0.717) is 17.4 Å². The van der Waals surface area contributed by atoms with Crippen LogP contribution in [-0.2, 0) is 33.3 Å². The fraction of sp³-hybridized carbons (Fsp3) is 0.622. The zero-order valence-electron chi connectivity index (χ0n) is 58.6. The van der Waals surface area contributed by atoms with Gasteiger partial charge in [0.2, 0.25) is 0 Å². The standard InChI is InChI=1S/C82H133NO8/c1-6-8-10-12-14-16-18-20-22-24-26-28-30-32-33-34-35-36-37-38-39-40-41-42-43-44-45-46-47-49-51-53-55-57-59-61-63-65-67-69-71-73-80(85)91-78(77-90-82(81(86)87)88-75-74-83(3,4)5)76-89-79(84)72-70-68-66-64-62-60-58-56-54-52-50-48-31-29-27-25-23-21-19-17-15-13-11-9-7-2/h8,10,14,16,19-22,25-28,32-33,35-36,38-39,41-42,44-45,47,49,53,55,59,61,78,82H,6-7,9,11-13,15,17-18,23-24,29-31,34,37,40,43,46,48,50-52,54,56-58,60,62-77H2,1-5H3/b10-8-,16-14-,21-19-,22-20-,27-25-,28-26-,33-32-,36-35-,39-38-,42-41-,45-44-,49-47-,55-53-,61-59-. The molecule has 0 saturated heterocycles. The summed E-state index contributed by atoms with van der Waals surface area (Å²) in [5.41, 5.74) is 0. The minimum atomic E-state index is -1.64. The molecule has 0 rings (SSSR count). The Morgan fingerprint density at radius 1 is 0.341 bits per heavy atom. The van der Waals surface area contributed by atoms with E-state index in [1.165, 1.54) is 109 Å². The molecule has 2 unspecified atom stereocenters. The smallest absolute Gasteiger partial charge is 0.306 e. The van der Waals surface area contributed by atoms with Crippen molar-refractivity contribution in [1.82, 2.24) is 0 Å². The molecule has 514 valence electrons. The Morgan fingerprint density at radius 3 is 0.934 bits per heavy atom. The van der Waals surface area contributed by atoms with E-state index in [2.05, 4.69) is 184 Å². The predicted molar refractivity (Wildman–Crippen MR) is 388 cm³/mol. The summed E-state index contributed by atoms with van der Waals surface area (Å²) in [6.07, 6.45) is 103. The number of allylic oxidation sites excluding steroid dienone is 28. The largest absolute Gasteiger partial charge is 0.545 e. The number of esters is 2. The van der Waals surface area contributed by atoms with Gasteiger partial charge in [0.25, 0.3) is 0 Å². The van der Waals surface area contributed by atoms with E-state index < -0.39 is 24.3 Å². The number of ether oxygens (including phenoxy) is 4. The molecule has 0 aliphatic heterocycles. The predicted octanol–water partition coefficient (Wildman–Crippen LogP) is 21.7. The van der Waals surface area contributed by atoms with Crippen molar-refractivity contribution >= 4 is 17.9 Å². The molecular formula is C82H133NO8. The maximum absolute atomic E-state index is 12.9. The Hall–Kier alpha value is -5.35. The zero-order valence-corrected chi connectivity index (χ0v) is 58.6. The van der Waals surface area contributed by atoms with Crippen molar-refractivity contribution in [2.75, 3.05) is 47.5 Å². The Balaban J connectivity index is 4.23. The summed E-state index contributed by atoms with van der Waals surface area (Å²) in [5.74, 6) is -2.33. The van der Waals surface area contributed by atoms with Crippen molar-refractivity contribution in [2.24, 2.45) is 0 Å². The second kappa shape index (κ2) is 70.5. The summed E-state index contributed by atoms with van der Waals surface area (Å²) in [4.78, 5) is 37.5. The van der Waals surface area contributed by atoms with Gasteiger partial charge in [-0.25, -0.2) is 0 Å². The number of aliphatic carboxylic acids is 1. The minimum Gasteiger partial charge on any atom is -0.545 e. The number of rotatable bonds is 65. The van der Waals surface area contributed by atoms with Crippen LogP contribution in [0.3, 0.4) is 0 Å². The van der Waals surface area contributed by atoms with Gasteiger partial charge in [0.1, 0.15) is 13.2 Å². The van der Waals surface area contributed by atoms with Crippen molar-refractivity contribution in [3.8, 4) is 0 Å². The Morgan fingerprint density at radius 2 is 0.626 bits per heavy atom. The van der Waals surface area contributed by atoms with Crippen LogP contribution in [0.4, 0.5) is 0 Å². The first kappa shape index (κ1) is 85.7. The third kappa shape index (κ3) is 71.9. The Bertz CT molecular complexity index is 2100. The van der Waals surface area contributed by atoms with Gasteiger partial charge in [-0.1, -0.05) is 293 Å². The molecule has 91 heavy (non-hydrogen) atoms. The number of carbonyl (C=O) groups excluding carboxylic acids is 3. The van der Waals surface area contributed by atoms with Crippen molar-refractivity contribution < 1.29 is 42.9 Å². The van der Waals surface area contributed by atoms with Gasteiger partial charge in [-0.3, -0.25) is 9.59 Å². The lowest BCUT2D eigenvalue weighted by Gasteiger charge is -2.26. The van der Waals surface area contributed by atoms with Gasteiger partial charge in [-0.2, -0.15) is 0 Å². The molecule has 9 nitrogen and oxygen atoms in total. The van der Waals surface area contributed by atoms with Gasteiger partial charge in [0, 0.05) is 12.8 Å². The first-order valence-corrected chi connectivity index (χ1v) is 36.3. The molecule has 9 heteroatoms. The SMILES string of the molecule is CC/C=C\C/C=C\C/C=C\C/C=C\C/C=C\C/C=C\C/C=C\C/C=C\C/C=C\C/C=C\C/C=C\C/C=C\CCCCCCC(=O)OC(COC(=O)CCCCCCCCCCCCCCC/C=C\C/C=C\CCCCCCC)COC(OCC[N+](C)(C)C)C(=O)[O-]. The van der Waals surface area contributed by atoms with Crippen molar-refractivity contribution in [1.29, 1.82) is 0 Å². The van der Waals surface area contributed by atoms with E-state index in [0.717, 1.165) is 128 Å². The fourth-order valence-corrected chi connectivity index (χ4v) is 9.43. The van der Waals surface area contributed by atoms with Crippen LogP contribution < -0.4 is 5.11 Å². The number of quaternary nitrogens is 1. The minimum absolute atomic E-state index is 0.134. The monoisotopic (exact) mass is 1260 g/mol. The topological polar surface area (TPSA) is 111 Å². The Labute approximate surface area is 558 Å². The van der Waals surface area contributed by atoms with Crippen LogP contribution >= 0.6 is 0 Å². The van der Waals surface area contributed by atoms with E-state index in [-0.39, 0.29) is 38.6 Å². The number of likely N-dealkylation sites (N-methyl/N-ethyl adjacent to an activating group) is 1. The number of carbonyl (C=O) groups is 3. The molecule has 0 aliphatic rings. The molecule has 0 N–H and O–H groups in total. The van der Waals surface area contributed by atoms with E-state index in [9.17, 15) is 19.5 Å². The normalized spacial score (nSPS) is 13.7. The third-order valence-electron chi connectivity index (χ3n) is 14.9. The zero-order chi connectivity index (χ0) is 66.1. The summed E-state index contributed by atoms with van der Waals surface area (Å²) in [7, 11) is 5.91. The summed E-state index contributed by atoms with van der Waals surface area (Å²) < 4.78 is 22.8. The highest BCUT2D eigenvalue weighted by Crippen LogP contribution is 2.16. The van der Waals surface area contributed by atoms with Crippen LogP contribution in [0.5, 0.6) is 0 Å². The molecule has 0 saturated carbocycles. The second-order valence-corrected chi connectivity index (χ2v) is 24.8. The van der Waals surface area contributed by atoms with Crippen LogP contribution in [0.15, 0.2) is 170 Å². The van der Waals surface area contributed by atoms with Crippen molar-refractivity contribution in [3.63, 3.8) is 0 Å². The highest BCUT2D eigenvalue weighted by molar-refractivity contribution is 5.70. The van der Waals surface area contributed by atoms with Crippen molar-refractivity contribution in [2.45, 2.75) is 283 Å². The number of hydrogen-bond acceptors (Lipinski definition) is 8. The molecule has 0 aromatic carbocycles. The number of carboxylic acids is 1. The number of carboxylic acid groups (broad SMARTS) is 1. The molecule has 0 heterocycles. The van der Waals surface area contributed by atoms with E-state index in [1.54, 1.807) is 0 Å². The quantitative estimate of drug-likeness (QED) is 0.0195. The van der Waals surface area contributed by atoms with E-state index in [4.69, 9.17) is 18.9 Å². The lowest BCUT2D eigenvalue weighted by molar-refractivity contribution is -0.870. The second-order valence-electron chi connectivity index (χ2n) is 24.8. The van der Waals surface area contributed by atoms with E-state index in [1.807, 2.05) is 21.1 Å². The molecule has 2 atom stereocenters. The molecule has 0 radical (unpaired) electrons. The summed E-state index contributed by atoms with van der Waals surface area (Å²) in [6, 6.07) is 0. The van der Waals surface area contributed by atoms with Crippen LogP contribution in [0.1, 0.15) is 271 Å². The first-order valence-electron chi connectivity index (χ1n) is 36.3. The molecule has 0 aromatic rings. The van der Waals surface area contributed by atoms with Gasteiger partial charge >= 0.3 is 11.9 Å². The average Bonchev–Trinajstić information content (AvgIpc) is 3.53. The molecule has 0 fully saturated rings. The van der Waals surface area contributed by atoms with Gasteiger partial charge < -0.3 is 33.3 Å². The summed E-state index contributed by atoms with van der Waals surface area (Å²) in [6.45, 7) is 4.59. The van der Waals surface area contributed by atoms with Crippen LogP contribution in [0.2, 0.25) is 0 Å². The summed E-state index contributed by atoms with van der Waals surface area (Å²) in [5, 5.41) is 11.8. The highest BCUT2D eigenvalue weighted by atomic mass is 16.7. The lowest BCUT2D eigenvalue weighted by atomic mass is 10.0. The van der Waals surface area contributed by atoms with Crippen LogP contribution in [-0.4, -0.2) is 82.3 Å². The number of hydrogen-bond donors (Lipinski definition) is 0. The Kier molecular flexibility index (Phi) is 66.4. The highest BCUT2D eigenvalue weighted by Gasteiger charge is 2.22. The van der Waals surface area contributed by atoms with Crippen molar-refractivity contribution in [3.05, 3.63) is 170 Å². The molecule has 0 spiro atoms. The first-order chi connectivity index (χ1) is 44.6. The van der Waals surface area contributed by atoms with Gasteiger partial charge in [0.05, 0.1) is 40.3 Å². The third-order valence-corrected chi connectivity index (χ3v) is 14.9. The number of unbranched alkanes of at least 4 members (excludes halogenated alkanes) is 22. The van der Waals surface area contributed by atoms with Crippen LogP contribution in [0.25, 0.3) is 0 Å². The molecule has 0 aliphatic carbocycles. The maximum Gasteiger partial charge on any atom is 0.306 e. The van der Waals surface area contributed by atoms with E-state index >= 15 is 0 Å². The van der Waals surface area contributed by atoms with Crippen LogP contribution in [0, 0.1) is 0 Å². The average molecular weight is 1260 g/mol. The molecule has 0 amide bonds. The lowest BCUT2D eigenvalue weighted by Crippen LogP contribution is -2.44. The van der Waals surface area contributed by atoms with Gasteiger partial charge in [-0.15, -0.1) is 0 Å². The molecule has 0 aromatic heterocycles. The molecular weight excluding hydrogens is 1130 g/mol.